The van der Waals surface area contributed by atoms with Crippen LogP contribution in [0.2, 0.25) is 0 Å². The maximum absolute atomic E-state index is 13.1. The number of carbonyl (C=O) groups excluding carboxylic acids is 1. The minimum absolute atomic E-state index is 0.154. The number of nitrogens with zero attached hydrogens (tertiary/aromatic N) is 4. The van der Waals surface area contributed by atoms with Crippen molar-refractivity contribution in [3.63, 3.8) is 0 Å². The Bertz CT molecular complexity index is 1050. The van der Waals surface area contributed by atoms with Crippen LogP contribution in [0.5, 0.6) is 0 Å². The molecule has 0 atom stereocenters. The molecule has 2 aromatic heterocycles. The summed E-state index contributed by atoms with van der Waals surface area (Å²) in [5.74, 6) is 1.16. The van der Waals surface area contributed by atoms with Gasteiger partial charge in [-0.3, -0.25) is 9.48 Å². The van der Waals surface area contributed by atoms with Gasteiger partial charge < -0.3 is 9.84 Å². The number of para-hydroxylation sites is 1. The third kappa shape index (κ3) is 4.30. The molecule has 7 heteroatoms. The Kier molecular flexibility index (Phi) is 5.83. The van der Waals surface area contributed by atoms with Gasteiger partial charge in [-0.2, -0.15) is 10.1 Å². The van der Waals surface area contributed by atoms with Crippen LogP contribution in [0.3, 0.4) is 0 Å². The summed E-state index contributed by atoms with van der Waals surface area (Å²) in [6, 6.07) is 7.58. The second-order valence-electron chi connectivity index (χ2n) is 9.26. The lowest BCUT2D eigenvalue weighted by molar-refractivity contribution is 0.102. The van der Waals surface area contributed by atoms with Gasteiger partial charge in [0.2, 0.25) is 0 Å². The summed E-state index contributed by atoms with van der Waals surface area (Å²) >= 11 is 0. The van der Waals surface area contributed by atoms with Gasteiger partial charge in [0.1, 0.15) is 0 Å². The van der Waals surface area contributed by atoms with Crippen molar-refractivity contribution in [1.82, 2.24) is 19.9 Å². The highest BCUT2D eigenvalue weighted by Crippen LogP contribution is 2.31. The third-order valence-electron chi connectivity index (χ3n) is 4.90. The van der Waals surface area contributed by atoms with Crippen LogP contribution in [0.15, 0.2) is 28.8 Å². The van der Waals surface area contributed by atoms with Gasteiger partial charge in [-0.05, 0) is 51.3 Å². The first-order valence-electron chi connectivity index (χ1n) is 10.3. The zero-order valence-corrected chi connectivity index (χ0v) is 19.1. The van der Waals surface area contributed by atoms with Crippen LogP contribution >= 0.6 is 0 Å². The topological polar surface area (TPSA) is 85.8 Å². The number of rotatable bonds is 5. The molecule has 30 heavy (non-hydrogen) atoms. The highest BCUT2D eigenvalue weighted by molar-refractivity contribution is 6.05. The van der Waals surface area contributed by atoms with Crippen molar-refractivity contribution < 1.29 is 9.32 Å². The van der Waals surface area contributed by atoms with Crippen molar-refractivity contribution in [2.24, 2.45) is 0 Å². The van der Waals surface area contributed by atoms with Gasteiger partial charge in [0, 0.05) is 11.6 Å². The summed E-state index contributed by atoms with van der Waals surface area (Å²) in [6.45, 7) is 16.4. The molecule has 0 fully saturated rings. The number of anilines is 1. The van der Waals surface area contributed by atoms with Gasteiger partial charge in [0.05, 0.1) is 16.8 Å². The van der Waals surface area contributed by atoms with E-state index in [9.17, 15) is 4.79 Å². The maximum Gasteiger partial charge on any atom is 0.276 e. The Hall–Kier alpha value is -2.96. The van der Waals surface area contributed by atoms with Crippen LogP contribution in [0, 0.1) is 6.92 Å². The van der Waals surface area contributed by atoms with E-state index in [2.05, 4.69) is 55.2 Å². The molecule has 0 unspecified atom stereocenters. The number of aromatic nitrogens is 4. The smallest absolute Gasteiger partial charge is 0.276 e. The standard InChI is InChI=1S/C23H31N5O2/c1-13(2)18-12-17(26-28(18)23(6,7)8)21(29)24-19-15(5)10-9-11-16(19)22-25-20(14(3)4)27-30-22/h9-14H,1-8H3,(H,24,29). The van der Waals surface area contributed by atoms with Crippen molar-refractivity contribution in [1.29, 1.82) is 0 Å². The van der Waals surface area contributed by atoms with Gasteiger partial charge in [-0.25, -0.2) is 0 Å². The molecule has 0 bridgehead atoms. The molecule has 0 aliphatic heterocycles. The number of carbonyl (C=O) groups is 1. The fourth-order valence-corrected chi connectivity index (χ4v) is 3.22. The molecule has 0 aliphatic rings. The Labute approximate surface area is 177 Å². The normalized spacial score (nSPS) is 12.1. The number of aryl methyl sites for hydroxylation is 1. The van der Waals surface area contributed by atoms with Crippen LogP contribution in [0.25, 0.3) is 11.5 Å². The van der Waals surface area contributed by atoms with Crippen molar-refractivity contribution in [3.8, 4) is 11.5 Å². The third-order valence-corrected chi connectivity index (χ3v) is 4.90. The summed E-state index contributed by atoms with van der Waals surface area (Å²) in [4.78, 5) is 17.6. The highest BCUT2D eigenvalue weighted by Gasteiger charge is 2.25. The van der Waals surface area contributed by atoms with Gasteiger partial charge in [-0.1, -0.05) is 45.0 Å². The number of nitrogens with one attached hydrogen (secondary N) is 1. The highest BCUT2D eigenvalue weighted by atomic mass is 16.5. The number of amides is 1. The van der Waals surface area contributed by atoms with Crippen LogP contribution in [-0.4, -0.2) is 25.8 Å². The van der Waals surface area contributed by atoms with E-state index in [1.54, 1.807) is 0 Å². The van der Waals surface area contributed by atoms with Crippen molar-refractivity contribution in [2.75, 3.05) is 5.32 Å². The largest absolute Gasteiger partial charge is 0.334 e. The molecule has 0 spiro atoms. The van der Waals surface area contributed by atoms with E-state index >= 15 is 0 Å². The van der Waals surface area contributed by atoms with Crippen molar-refractivity contribution in [3.05, 3.63) is 47.0 Å². The lowest BCUT2D eigenvalue weighted by Crippen LogP contribution is -2.26. The van der Waals surface area contributed by atoms with E-state index in [0.29, 0.717) is 28.7 Å². The predicted molar refractivity (Wildman–Crippen MR) is 118 cm³/mol. The second kappa shape index (κ2) is 8.05. The molecule has 0 aliphatic carbocycles. The Morgan fingerprint density at radius 3 is 2.37 bits per heavy atom. The van der Waals surface area contributed by atoms with E-state index in [1.165, 1.54) is 0 Å². The summed E-state index contributed by atoms with van der Waals surface area (Å²) in [5, 5.41) is 11.7. The second-order valence-corrected chi connectivity index (χ2v) is 9.26. The predicted octanol–water partition coefficient (Wildman–Crippen LogP) is 5.50. The van der Waals surface area contributed by atoms with Crippen molar-refractivity contribution >= 4 is 11.6 Å². The minimum Gasteiger partial charge on any atom is -0.334 e. The molecule has 1 N–H and O–H groups in total. The molecule has 0 radical (unpaired) electrons. The zero-order valence-electron chi connectivity index (χ0n) is 19.1. The van der Waals surface area contributed by atoms with E-state index in [1.807, 2.05) is 49.7 Å². The van der Waals surface area contributed by atoms with Crippen LogP contribution < -0.4 is 5.32 Å². The summed E-state index contributed by atoms with van der Waals surface area (Å²) in [7, 11) is 0. The Morgan fingerprint density at radius 2 is 1.83 bits per heavy atom. The fraction of sp³-hybridized carbons (Fsp3) is 0.478. The number of hydrogen-bond acceptors (Lipinski definition) is 5. The summed E-state index contributed by atoms with van der Waals surface area (Å²) in [6.07, 6.45) is 0. The summed E-state index contributed by atoms with van der Waals surface area (Å²) < 4.78 is 7.39. The number of benzene rings is 1. The molecule has 3 rings (SSSR count). The van der Waals surface area contributed by atoms with Gasteiger partial charge in [-0.15, -0.1) is 0 Å². The molecule has 3 aromatic rings. The molecular formula is C23H31N5O2. The SMILES string of the molecule is Cc1cccc(-c2nc(C(C)C)no2)c1NC(=O)c1cc(C(C)C)n(C(C)(C)C)n1. The summed E-state index contributed by atoms with van der Waals surface area (Å²) in [5.41, 5.74) is 3.44. The Balaban J connectivity index is 1.98. The molecule has 0 saturated carbocycles. The first-order valence-corrected chi connectivity index (χ1v) is 10.3. The molecule has 160 valence electrons. The fourth-order valence-electron chi connectivity index (χ4n) is 3.22. The first kappa shape index (κ1) is 21.7. The molecule has 2 heterocycles. The lowest BCUT2D eigenvalue weighted by Gasteiger charge is -2.23. The van der Waals surface area contributed by atoms with E-state index in [-0.39, 0.29) is 23.3 Å². The van der Waals surface area contributed by atoms with Gasteiger partial charge in [0.15, 0.2) is 11.5 Å². The van der Waals surface area contributed by atoms with E-state index < -0.39 is 0 Å². The average Bonchev–Trinajstić information content (AvgIpc) is 3.30. The van der Waals surface area contributed by atoms with Crippen LogP contribution in [0.4, 0.5) is 5.69 Å². The lowest BCUT2D eigenvalue weighted by atomic mass is 10.1. The molecular weight excluding hydrogens is 378 g/mol. The van der Waals surface area contributed by atoms with Gasteiger partial charge >= 0.3 is 0 Å². The zero-order chi connectivity index (χ0) is 22.2. The van der Waals surface area contributed by atoms with E-state index in [0.717, 1.165) is 11.3 Å². The monoisotopic (exact) mass is 409 g/mol. The van der Waals surface area contributed by atoms with E-state index in [4.69, 9.17) is 4.52 Å². The molecule has 0 saturated heterocycles. The molecule has 7 nitrogen and oxygen atoms in total. The average molecular weight is 410 g/mol. The minimum atomic E-state index is -0.265. The van der Waals surface area contributed by atoms with Crippen LogP contribution in [-0.2, 0) is 5.54 Å². The quantitative estimate of drug-likeness (QED) is 0.602. The van der Waals surface area contributed by atoms with Gasteiger partial charge in [0.25, 0.3) is 11.8 Å². The number of hydrogen-bond donors (Lipinski definition) is 1. The molecule has 1 aromatic carbocycles. The van der Waals surface area contributed by atoms with Crippen molar-refractivity contribution in [2.45, 2.75) is 72.8 Å². The van der Waals surface area contributed by atoms with Crippen LogP contribution in [0.1, 0.15) is 87.9 Å². The first-order chi connectivity index (χ1) is 14.0. The Morgan fingerprint density at radius 1 is 1.13 bits per heavy atom. The molecule has 1 amide bonds. The maximum atomic E-state index is 13.1.